The first-order chi connectivity index (χ1) is 5.07. The number of nitrogens with one attached hydrogen (secondary N) is 1. The highest BCUT2D eigenvalue weighted by Crippen LogP contribution is 1.99. The van der Waals surface area contributed by atoms with Gasteiger partial charge in [-0.2, -0.15) is 0 Å². The Hall–Kier alpha value is -0.860. The molecule has 0 aromatic heterocycles. The monoisotopic (exact) mass is 157 g/mol. The van der Waals surface area contributed by atoms with Crippen molar-refractivity contribution in [2.45, 2.75) is 27.2 Å². The zero-order chi connectivity index (χ0) is 8.85. The molecule has 0 rings (SSSR count). The van der Waals surface area contributed by atoms with Gasteiger partial charge in [0.15, 0.2) is 5.90 Å². The summed E-state index contributed by atoms with van der Waals surface area (Å²) in [5, 5.41) is 7.17. The molecule has 64 valence electrons. The van der Waals surface area contributed by atoms with Gasteiger partial charge in [-0.05, 0) is 6.92 Å². The fourth-order valence-electron chi connectivity index (χ4n) is 0.588. The number of ketones is 1. The molecule has 0 aromatic carbocycles. The fraction of sp³-hybridized carbons (Fsp3) is 0.750. The highest BCUT2D eigenvalue weighted by molar-refractivity contribution is 5.97. The molecule has 3 nitrogen and oxygen atoms in total. The lowest BCUT2D eigenvalue weighted by atomic mass is 10.1. The van der Waals surface area contributed by atoms with Gasteiger partial charge in [-0.1, -0.05) is 13.8 Å². The van der Waals surface area contributed by atoms with Crippen LogP contribution in [0.5, 0.6) is 0 Å². The number of hydrogen-bond donors (Lipinski definition) is 1. The van der Waals surface area contributed by atoms with E-state index in [9.17, 15) is 4.79 Å². The summed E-state index contributed by atoms with van der Waals surface area (Å²) in [5.74, 6) is 0.130. The second-order valence-corrected chi connectivity index (χ2v) is 2.65. The first-order valence-electron chi connectivity index (χ1n) is 3.80. The van der Waals surface area contributed by atoms with Crippen molar-refractivity contribution < 1.29 is 9.53 Å². The molecule has 0 aliphatic carbocycles. The SMILES string of the molecule is CCOC(=N)CC(=O)C(C)C. The van der Waals surface area contributed by atoms with Crippen molar-refractivity contribution in [1.29, 1.82) is 5.41 Å². The summed E-state index contributed by atoms with van der Waals surface area (Å²) in [4.78, 5) is 11.0. The Morgan fingerprint density at radius 2 is 2.09 bits per heavy atom. The molecule has 0 radical (unpaired) electrons. The van der Waals surface area contributed by atoms with Gasteiger partial charge in [0, 0.05) is 5.92 Å². The van der Waals surface area contributed by atoms with Gasteiger partial charge in [0.1, 0.15) is 5.78 Å². The maximum Gasteiger partial charge on any atom is 0.187 e. The van der Waals surface area contributed by atoms with Crippen molar-refractivity contribution in [3.63, 3.8) is 0 Å². The normalized spacial score (nSPS) is 9.82. The second kappa shape index (κ2) is 4.88. The number of rotatable bonds is 4. The Balaban J connectivity index is 3.67. The molecule has 0 heterocycles. The Bertz CT molecular complexity index is 152. The summed E-state index contributed by atoms with van der Waals surface area (Å²) in [6.07, 6.45) is 0.130. The molecule has 0 aromatic rings. The average Bonchev–Trinajstić information content (AvgIpc) is 1.87. The van der Waals surface area contributed by atoms with E-state index in [-0.39, 0.29) is 24.0 Å². The molecule has 11 heavy (non-hydrogen) atoms. The maximum atomic E-state index is 11.0. The maximum absolute atomic E-state index is 11.0. The summed E-state index contributed by atoms with van der Waals surface area (Å²) in [7, 11) is 0. The van der Waals surface area contributed by atoms with E-state index in [4.69, 9.17) is 10.1 Å². The van der Waals surface area contributed by atoms with Crippen LogP contribution in [0, 0.1) is 11.3 Å². The van der Waals surface area contributed by atoms with Gasteiger partial charge in [-0.3, -0.25) is 10.2 Å². The zero-order valence-electron chi connectivity index (χ0n) is 7.31. The van der Waals surface area contributed by atoms with Crippen LogP contribution in [0.4, 0.5) is 0 Å². The molecule has 0 atom stereocenters. The van der Waals surface area contributed by atoms with Gasteiger partial charge in [-0.15, -0.1) is 0 Å². The van der Waals surface area contributed by atoms with Crippen LogP contribution < -0.4 is 0 Å². The number of Topliss-reactive ketones (excluding diaryl/α,β-unsaturated/α-hetero) is 1. The Labute approximate surface area is 67.3 Å². The van der Waals surface area contributed by atoms with Crippen LogP contribution in [-0.2, 0) is 9.53 Å². The van der Waals surface area contributed by atoms with Crippen LogP contribution in [0.25, 0.3) is 0 Å². The Morgan fingerprint density at radius 3 is 2.45 bits per heavy atom. The van der Waals surface area contributed by atoms with E-state index in [0.29, 0.717) is 6.61 Å². The summed E-state index contributed by atoms with van der Waals surface area (Å²) in [5.41, 5.74) is 0. The quantitative estimate of drug-likeness (QED) is 0.498. The minimum Gasteiger partial charge on any atom is -0.481 e. The van der Waals surface area contributed by atoms with Crippen LogP contribution in [0.1, 0.15) is 27.2 Å². The highest BCUT2D eigenvalue weighted by atomic mass is 16.5. The van der Waals surface area contributed by atoms with Gasteiger partial charge in [-0.25, -0.2) is 0 Å². The van der Waals surface area contributed by atoms with E-state index in [1.54, 1.807) is 6.92 Å². The molecule has 0 saturated carbocycles. The predicted molar refractivity (Wildman–Crippen MR) is 43.8 cm³/mol. The Morgan fingerprint density at radius 1 is 1.55 bits per heavy atom. The van der Waals surface area contributed by atoms with Gasteiger partial charge < -0.3 is 4.74 Å². The third kappa shape index (κ3) is 4.53. The molecule has 0 unspecified atom stereocenters. The summed E-state index contributed by atoms with van der Waals surface area (Å²) in [6.45, 7) is 5.90. The van der Waals surface area contributed by atoms with E-state index in [0.717, 1.165) is 0 Å². The molecular formula is C8H15NO2. The second-order valence-electron chi connectivity index (χ2n) is 2.65. The van der Waals surface area contributed by atoms with Gasteiger partial charge >= 0.3 is 0 Å². The molecule has 0 bridgehead atoms. The molecule has 1 N–H and O–H groups in total. The third-order valence-corrected chi connectivity index (χ3v) is 1.30. The molecule has 0 amide bonds. The van der Waals surface area contributed by atoms with Crippen LogP contribution >= 0.6 is 0 Å². The molecule has 0 spiro atoms. The molecule has 3 heteroatoms. The van der Waals surface area contributed by atoms with Crippen molar-refractivity contribution >= 4 is 11.7 Å². The largest absolute Gasteiger partial charge is 0.481 e. The lowest BCUT2D eigenvalue weighted by Gasteiger charge is -2.05. The number of hydrogen-bond acceptors (Lipinski definition) is 3. The van der Waals surface area contributed by atoms with Crippen LogP contribution in [0.15, 0.2) is 0 Å². The minimum absolute atomic E-state index is 0.00388. The highest BCUT2D eigenvalue weighted by Gasteiger charge is 2.10. The first kappa shape index (κ1) is 10.1. The number of carbonyl (C=O) groups is 1. The molecule has 0 aliphatic heterocycles. The third-order valence-electron chi connectivity index (χ3n) is 1.30. The van der Waals surface area contributed by atoms with Crippen molar-refractivity contribution in [2.24, 2.45) is 5.92 Å². The lowest BCUT2D eigenvalue weighted by Crippen LogP contribution is -2.14. The molecule has 0 aliphatic rings. The van der Waals surface area contributed by atoms with Gasteiger partial charge in [0.2, 0.25) is 0 Å². The van der Waals surface area contributed by atoms with E-state index in [2.05, 4.69) is 0 Å². The van der Waals surface area contributed by atoms with Gasteiger partial charge in [0.25, 0.3) is 0 Å². The summed E-state index contributed by atoms with van der Waals surface area (Å²) >= 11 is 0. The number of carbonyl (C=O) groups excluding carboxylic acids is 1. The van der Waals surface area contributed by atoms with E-state index < -0.39 is 0 Å². The fourth-order valence-corrected chi connectivity index (χ4v) is 0.588. The standard InChI is InChI=1S/C8H15NO2/c1-4-11-8(9)5-7(10)6(2)3/h6,9H,4-5H2,1-3H3. The first-order valence-corrected chi connectivity index (χ1v) is 3.80. The van der Waals surface area contributed by atoms with E-state index in [1.807, 2.05) is 13.8 Å². The number of ether oxygens (including phenoxy) is 1. The predicted octanol–water partition coefficient (Wildman–Crippen LogP) is 1.62. The lowest BCUT2D eigenvalue weighted by molar-refractivity contribution is -0.120. The molecular weight excluding hydrogens is 142 g/mol. The topological polar surface area (TPSA) is 50.1 Å². The minimum atomic E-state index is -0.00388. The van der Waals surface area contributed by atoms with Crippen LogP contribution in [0.3, 0.4) is 0 Å². The summed E-state index contributed by atoms with van der Waals surface area (Å²) in [6, 6.07) is 0. The Kier molecular flexibility index (Phi) is 4.50. The zero-order valence-corrected chi connectivity index (χ0v) is 7.31. The van der Waals surface area contributed by atoms with Crippen molar-refractivity contribution in [3.05, 3.63) is 0 Å². The summed E-state index contributed by atoms with van der Waals surface area (Å²) < 4.78 is 4.83. The van der Waals surface area contributed by atoms with E-state index in [1.165, 1.54) is 0 Å². The average molecular weight is 157 g/mol. The van der Waals surface area contributed by atoms with E-state index >= 15 is 0 Å². The van der Waals surface area contributed by atoms with Crippen molar-refractivity contribution in [1.82, 2.24) is 0 Å². The smallest absolute Gasteiger partial charge is 0.187 e. The van der Waals surface area contributed by atoms with Crippen LogP contribution in [0.2, 0.25) is 0 Å². The molecule has 0 saturated heterocycles. The van der Waals surface area contributed by atoms with Crippen LogP contribution in [-0.4, -0.2) is 18.3 Å². The van der Waals surface area contributed by atoms with Gasteiger partial charge in [0.05, 0.1) is 13.0 Å². The van der Waals surface area contributed by atoms with Crippen molar-refractivity contribution in [2.75, 3.05) is 6.61 Å². The molecule has 0 fully saturated rings. The van der Waals surface area contributed by atoms with Crippen molar-refractivity contribution in [3.8, 4) is 0 Å².